The maximum Gasteiger partial charge on any atom is 0.288 e. The maximum absolute atomic E-state index is 10.3. The molecule has 10 heavy (non-hydrogen) atoms. The van der Waals surface area contributed by atoms with Crippen LogP contribution in [0, 0.1) is 0 Å². The molecule has 0 aliphatic rings. The van der Waals surface area contributed by atoms with Gasteiger partial charge in [-0.2, -0.15) is 0 Å². The zero-order valence-electron chi connectivity index (χ0n) is 6.85. The van der Waals surface area contributed by atoms with Crippen molar-refractivity contribution < 1.29 is 9.22 Å². The van der Waals surface area contributed by atoms with Crippen LogP contribution in [0.4, 0.5) is 0 Å². The highest BCUT2D eigenvalue weighted by atomic mass is 28.2. The zero-order chi connectivity index (χ0) is 7.82. The summed E-state index contributed by atoms with van der Waals surface area (Å²) in [6, 6.07) is 1.15. The lowest BCUT2D eigenvalue weighted by atomic mass is 10.3. The van der Waals surface area contributed by atoms with Gasteiger partial charge in [-0.05, 0) is 6.04 Å². The van der Waals surface area contributed by atoms with Crippen molar-refractivity contribution in [2.45, 2.75) is 39.2 Å². The van der Waals surface area contributed by atoms with E-state index in [2.05, 4.69) is 6.92 Å². The largest absolute Gasteiger partial charge is 0.525 e. The average Bonchev–Trinajstić information content (AvgIpc) is 1.87. The Labute approximate surface area is 64.9 Å². The Bertz CT molecular complexity index is 93.6. The molecule has 60 valence electrons. The predicted octanol–water partition coefficient (Wildman–Crippen LogP) is 1.24. The van der Waals surface area contributed by atoms with E-state index in [1.54, 1.807) is 0 Å². The Morgan fingerprint density at radius 3 is 2.70 bits per heavy atom. The lowest BCUT2D eigenvalue weighted by Crippen LogP contribution is -2.03. The summed E-state index contributed by atoms with van der Waals surface area (Å²) >= 11 is 0. The molecule has 0 amide bonds. The summed E-state index contributed by atoms with van der Waals surface area (Å²) in [5, 5.41) is 0. The third-order valence-electron chi connectivity index (χ3n) is 1.30. The Balaban J connectivity index is 2.84. The number of hydrogen-bond acceptors (Lipinski definition) is 2. The molecule has 0 bridgehead atoms. The quantitative estimate of drug-likeness (QED) is 0.447. The molecule has 0 aromatic rings. The van der Waals surface area contributed by atoms with Crippen LogP contribution in [0.5, 0.6) is 0 Å². The molecule has 0 radical (unpaired) electrons. The molecule has 0 aromatic carbocycles. The van der Waals surface area contributed by atoms with Crippen molar-refractivity contribution in [3.8, 4) is 0 Å². The second-order valence-electron chi connectivity index (χ2n) is 2.40. The van der Waals surface area contributed by atoms with Crippen LogP contribution in [0.15, 0.2) is 0 Å². The summed E-state index contributed by atoms with van der Waals surface area (Å²) in [6.07, 6.45) is 3.75. The van der Waals surface area contributed by atoms with Gasteiger partial charge in [-0.3, -0.25) is 4.79 Å². The van der Waals surface area contributed by atoms with Crippen molar-refractivity contribution in [2.75, 3.05) is 0 Å². The summed E-state index contributed by atoms with van der Waals surface area (Å²) in [6.45, 7) is 3.65. The normalized spacial score (nSPS) is 10.6. The number of carbonyl (C=O) groups is 1. The molecule has 0 aliphatic carbocycles. The molecule has 0 aliphatic heterocycles. The van der Waals surface area contributed by atoms with Gasteiger partial charge < -0.3 is 4.43 Å². The van der Waals surface area contributed by atoms with Gasteiger partial charge in [0.25, 0.3) is 5.97 Å². The highest BCUT2D eigenvalue weighted by Crippen LogP contribution is 1.98. The molecule has 0 saturated carbocycles. The minimum absolute atomic E-state index is 0.108. The first kappa shape index (κ1) is 9.69. The van der Waals surface area contributed by atoms with Gasteiger partial charge in [-0.25, -0.2) is 0 Å². The smallest absolute Gasteiger partial charge is 0.288 e. The molecule has 0 atom stereocenters. The Morgan fingerprint density at radius 1 is 1.50 bits per heavy atom. The van der Waals surface area contributed by atoms with Crippen LogP contribution in [-0.2, 0) is 9.22 Å². The molecule has 0 fully saturated rings. The highest BCUT2D eigenvalue weighted by Gasteiger charge is 1.92. The van der Waals surface area contributed by atoms with Gasteiger partial charge in [0, 0.05) is 6.92 Å². The molecule has 0 rings (SSSR count). The Kier molecular flexibility index (Phi) is 6.59. The molecule has 0 N–H and O–H groups in total. The summed E-state index contributed by atoms with van der Waals surface area (Å²) < 4.78 is 4.89. The SMILES string of the molecule is CCCCC[SiH2]OC(C)=O. The minimum Gasteiger partial charge on any atom is -0.525 e. The fraction of sp³-hybridized carbons (Fsp3) is 0.857. The first-order valence-electron chi connectivity index (χ1n) is 3.90. The standard InChI is InChI=1S/C7H16O2Si/c1-3-4-5-6-10-9-7(2)8/h3-6,10H2,1-2H3. The van der Waals surface area contributed by atoms with Gasteiger partial charge in [-0.15, -0.1) is 0 Å². The van der Waals surface area contributed by atoms with Crippen LogP contribution in [0.2, 0.25) is 6.04 Å². The molecule has 0 heterocycles. The van der Waals surface area contributed by atoms with Crippen LogP contribution in [0.25, 0.3) is 0 Å². The lowest BCUT2D eigenvalue weighted by molar-refractivity contribution is -0.131. The molecule has 0 unspecified atom stereocenters. The Morgan fingerprint density at radius 2 is 2.20 bits per heavy atom. The summed E-state index contributed by atoms with van der Waals surface area (Å²) in [4.78, 5) is 10.3. The fourth-order valence-electron chi connectivity index (χ4n) is 0.745. The van der Waals surface area contributed by atoms with E-state index in [0.29, 0.717) is 0 Å². The van der Waals surface area contributed by atoms with Crippen LogP contribution in [0.1, 0.15) is 33.1 Å². The number of carbonyl (C=O) groups excluding carboxylic acids is 1. The second kappa shape index (κ2) is 6.80. The van der Waals surface area contributed by atoms with E-state index in [1.807, 2.05) is 0 Å². The van der Waals surface area contributed by atoms with E-state index in [0.717, 1.165) is 6.04 Å². The van der Waals surface area contributed by atoms with E-state index in [4.69, 9.17) is 4.43 Å². The molecular weight excluding hydrogens is 144 g/mol. The van der Waals surface area contributed by atoms with Gasteiger partial charge in [0.05, 0.1) is 0 Å². The zero-order valence-corrected chi connectivity index (χ0v) is 8.27. The van der Waals surface area contributed by atoms with Crippen molar-refractivity contribution in [3.05, 3.63) is 0 Å². The number of hydrogen-bond donors (Lipinski definition) is 0. The highest BCUT2D eigenvalue weighted by molar-refractivity contribution is 6.30. The monoisotopic (exact) mass is 160 g/mol. The number of unbranched alkanes of at least 4 members (excludes halogenated alkanes) is 2. The summed E-state index contributed by atoms with van der Waals surface area (Å²) in [5.74, 6) is -0.108. The van der Waals surface area contributed by atoms with Gasteiger partial charge >= 0.3 is 0 Å². The van der Waals surface area contributed by atoms with Crippen LogP contribution in [0.3, 0.4) is 0 Å². The molecule has 3 heteroatoms. The number of rotatable bonds is 5. The molecule has 0 saturated heterocycles. The summed E-state index contributed by atoms with van der Waals surface area (Å²) in [7, 11) is -0.506. The van der Waals surface area contributed by atoms with Crippen molar-refractivity contribution in [1.29, 1.82) is 0 Å². The fourth-order valence-corrected chi connectivity index (χ4v) is 1.73. The van der Waals surface area contributed by atoms with E-state index in [1.165, 1.54) is 26.2 Å². The lowest BCUT2D eigenvalue weighted by Gasteiger charge is -1.99. The molecule has 2 nitrogen and oxygen atoms in total. The van der Waals surface area contributed by atoms with Crippen molar-refractivity contribution >= 4 is 15.7 Å². The maximum atomic E-state index is 10.3. The van der Waals surface area contributed by atoms with Crippen molar-refractivity contribution in [2.24, 2.45) is 0 Å². The molecule has 0 aromatic heterocycles. The van der Waals surface area contributed by atoms with E-state index in [9.17, 15) is 4.79 Å². The second-order valence-corrected chi connectivity index (χ2v) is 3.80. The van der Waals surface area contributed by atoms with Crippen LogP contribution < -0.4 is 0 Å². The molecule has 0 spiro atoms. The summed E-state index contributed by atoms with van der Waals surface area (Å²) in [5.41, 5.74) is 0. The van der Waals surface area contributed by atoms with Gasteiger partial charge in [0.15, 0.2) is 0 Å². The van der Waals surface area contributed by atoms with Gasteiger partial charge in [0.2, 0.25) is 9.76 Å². The van der Waals surface area contributed by atoms with E-state index >= 15 is 0 Å². The topological polar surface area (TPSA) is 26.3 Å². The van der Waals surface area contributed by atoms with Crippen LogP contribution >= 0.6 is 0 Å². The average molecular weight is 160 g/mol. The van der Waals surface area contributed by atoms with E-state index in [-0.39, 0.29) is 5.97 Å². The first-order chi connectivity index (χ1) is 4.77. The van der Waals surface area contributed by atoms with Crippen molar-refractivity contribution in [3.63, 3.8) is 0 Å². The first-order valence-corrected chi connectivity index (χ1v) is 5.48. The molecular formula is C7H16O2Si. The third kappa shape index (κ3) is 7.69. The Hall–Kier alpha value is -0.313. The van der Waals surface area contributed by atoms with Crippen molar-refractivity contribution in [1.82, 2.24) is 0 Å². The van der Waals surface area contributed by atoms with Gasteiger partial charge in [-0.1, -0.05) is 26.2 Å². The van der Waals surface area contributed by atoms with Crippen LogP contribution in [-0.4, -0.2) is 15.7 Å². The van der Waals surface area contributed by atoms with E-state index < -0.39 is 9.76 Å². The third-order valence-corrected chi connectivity index (χ3v) is 2.70. The minimum atomic E-state index is -0.506. The van der Waals surface area contributed by atoms with Gasteiger partial charge in [0.1, 0.15) is 0 Å². The predicted molar refractivity (Wildman–Crippen MR) is 44.6 cm³/mol.